The van der Waals surface area contributed by atoms with Crippen molar-refractivity contribution >= 4 is 15.9 Å². The Bertz CT molecular complexity index is 907. The van der Waals surface area contributed by atoms with Gasteiger partial charge in [-0.15, -0.1) is 5.10 Å². The minimum absolute atomic E-state index is 0.100. The molecule has 1 fully saturated rings. The molecule has 2 N–H and O–H groups in total. The molecule has 1 aliphatic rings. The third-order valence-electron chi connectivity index (χ3n) is 3.66. The number of nitrogens with one attached hydrogen (secondary N) is 2. The molecule has 2 heterocycles. The second-order valence-corrected chi connectivity index (χ2v) is 9.00. The molecule has 2 aromatic heterocycles. The van der Waals surface area contributed by atoms with Crippen LogP contribution in [0.1, 0.15) is 69.0 Å². The molecule has 3 rings (SSSR count). The van der Waals surface area contributed by atoms with E-state index in [9.17, 15) is 13.2 Å². The number of aromatic nitrogens is 4. The monoisotopic (exact) mass is 382 g/mol. The van der Waals surface area contributed by atoms with Crippen molar-refractivity contribution in [3.63, 3.8) is 0 Å². The van der Waals surface area contributed by atoms with Gasteiger partial charge in [0.05, 0.1) is 12.1 Å². The van der Waals surface area contributed by atoms with Crippen LogP contribution in [0.4, 0.5) is 0 Å². The van der Waals surface area contributed by atoms with E-state index in [4.69, 9.17) is 4.42 Å². The quantitative estimate of drug-likeness (QED) is 0.766. The molecule has 0 spiro atoms. The van der Waals surface area contributed by atoms with Crippen molar-refractivity contribution in [2.45, 2.75) is 63.3 Å². The molecule has 142 valence electrons. The molecule has 26 heavy (non-hydrogen) atoms. The van der Waals surface area contributed by atoms with Crippen molar-refractivity contribution in [1.82, 2.24) is 30.2 Å². The van der Waals surface area contributed by atoms with Crippen molar-refractivity contribution in [1.29, 1.82) is 0 Å². The number of furan rings is 1. The SMILES string of the molecule is C[C@@H](NC(=O)c1ccc(S(=O)(=O)NC(C)(C)C)o1)c1nnnn1C1CC1. The van der Waals surface area contributed by atoms with Gasteiger partial charge in [0.15, 0.2) is 11.6 Å². The summed E-state index contributed by atoms with van der Waals surface area (Å²) >= 11 is 0. The molecular weight excluding hydrogens is 360 g/mol. The molecular formula is C15H22N6O4S. The largest absolute Gasteiger partial charge is 0.438 e. The van der Waals surface area contributed by atoms with E-state index in [0.29, 0.717) is 5.82 Å². The van der Waals surface area contributed by atoms with Gasteiger partial charge < -0.3 is 9.73 Å². The first-order valence-electron chi connectivity index (χ1n) is 8.29. The highest BCUT2D eigenvalue weighted by molar-refractivity contribution is 7.89. The highest BCUT2D eigenvalue weighted by atomic mass is 32.2. The van der Waals surface area contributed by atoms with Gasteiger partial charge in [0.2, 0.25) is 5.09 Å². The topological polar surface area (TPSA) is 132 Å². The molecule has 11 heteroatoms. The smallest absolute Gasteiger partial charge is 0.287 e. The number of hydrogen-bond acceptors (Lipinski definition) is 7. The van der Waals surface area contributed by atoms with Crippen LogP contribution in [-0.4, -0.2) is 40.1 Å². The van der Waals surface area contributed by atoms with E-state index in [1.807, 2.05) is 0 Å². The molecule has 1 amide bonds. The maximum atomic E-state index is 12.4. The average Bonchev–Trinajstić information content (AvgIpc) is 3.03. The predicted molar refractivity (Wildman–Crippen MR) is 90.8 cm³/mol. The summed E-state index contributed by atoms with van der Waals surface area (Å²) in [5.41, 5.74) is -0.664. The molecule has 2 aromatic rings. The third kappa shape index (κ3) is 4.10. The third-order valence-corrected chi connectivity index (χ3v) is 5.29. The minimum Gasteiger partial charge on any atom is -0.438 e. The van der Waals surface area contributed by atoms with E-state index < -0.39 is 27.5 Å². The zero-order valence-corrected chi connectivity index (χ0v) is 15.9. The van der Waals surface area contributed by atoms with E-state index in [2.05, 4.69) is 25.6 Å². The number of hydrogen-bond donors (Lipinski definition) is 2. The van der Waals surface area contributed by atoms with Gasteiger partial charge in [0.25, 0.3) is 15.9 Å². The van der Waals surface area contributed by atoms with E-state index in [0.717, 1.165) is 12.8 Å². The Hall–Kier alpha value is -2.27. The van der Waals surface area contributed by atoms with Crippen molar-refractivity contribution in [2.24, 2.45) is 0 Å². The Morgan fingerprint density at radius 1 is 1.35 bits per heavy atom. The fraction of sp³-hybridized carbons (Fsp3) is 0.600. The highest BCUT2D eigenvalue weighted by Gasteiger charge is 2.31. The molecule has 1 atom stereocenters. The lowest BCUT2D eigenvalue weighted by Crippen LogP contribution is -2.40. The molecule has 0 aliphatic heterocycles. The number of tetrazole rings is 1. The van der Waals surface area contributed by atoms with E-state index >= 15 is 0 Å². The second-order valence-electron chi connectivity index (χ2n) is 7.38. The first-order valence-corrected chi connectivity index (χ1v) is 9.77. The van der Waals surface area contributed by atoms with Crippen LogP contribution in [0.3, 0.4) is 0 Å². The molecule has 0 radical (unpaired) electrons. The van der Waals surface area contributed by atoms with Crippen LogP contribution in [0.2, 0.25) is 0 Å². The van der Waals surface area contributed by atoms with Crippen molar-refractivity contribution < 1.29 is 17.6 Å². The summed E-state index contributed by atoms with van der Waals surface area (Å²) < 4.78 is 33.9. The summed E-state index contributed by atoms with van der Waals surface area (Å²) in [5, 5.41) is 14.0. The summed E-state index contributed by atoms with van der Waals surface area (Å²) in [6.45, 7) is 6.90. The lowest BCUT2D eigenvalue weighted by molar-refractivity contribution is 0.0904. The van der Waals surface area contributed by atoms with Gasteiger partial charge in [0, 0.05) is 5.54 Å². The fourth-order valence-electron chi connectivity index (χ4n) is 2.44. The first kappa shape index (κ1) is 18.5. The number of amides is 1. The molecule has 0 unspecified atom stereocenters. The first-order chi connectivity index (χ1) is 12.1. The lowest BCUT2D eigenvalue weighted by Gasteiger charge is -2.19. The van der Waals surface area contributed by atoms with Crippen LogP contribution in [0.5, 0.6) is 0 Å². The Labute approximate surface area is 151 Å². The molecule has 0 aromatic carbocycles. The van der Waals surface area contributed by atoms with Gasteiger partial charge in [-0.3, -0.25) is 4.79 Å². The number of nitrogens with zero attached hydrogens (tertiary/aromatic N) is 4. The number of carbonyl (C=O) groups excluding carboxylic acids is 1. The number of rotatable bonds is 6. The van der Waals surface area contributed by atoms with Gasteiger partial charge in [-0.1, -0.05) is 0 Å². The summed E-state index contributed by atoms with van der Waals surface area (Å²) in [7, 11) is -3.85. The summed E-state index contributed by atoms with van der Waals surface area (Å²) in [4.78, 5) is 12.4. The number of sulfonamides is 1. The molecule has 1 saturated carbocycles. The van der Waals surface area contributed by atoms with Gasteiger partial charge in [-0.05, 0) is 63.1 Å². The number of carbonyl (C=O) groups is 1. The zero-order chi connectivity index (χ0) is 19.1. The summed E-state index contributed by atoms with van der Waals surface area (Å²) in [6.07, 6.45) is 2.03. The Kier molecular flexibility index (Phi) is 4.61. The predicted octanol–water partition coefficient (Wildman–Crippen LogP) is 1.17. The van der Waals surface area contributed by atoms with E-state index in [-0.39, 0.29) is 16.9 Å². The van der Waals surface area contributed by atoms with Crippen molar-refractivity contribution in [2.75, 3.05) is 0 Å². The van der Waals surface area contributed by atoms with Gasteiger partial charge in [-0.25, -0.2) is 17.8 Å². The Morgan fingerprint density at radius 2 is 2.04 bits per heavy atom. The fourth-order valence-corrected chi connectivity index (χ4v) is 3.79. The van der Waals surface area contributed by atoms with Crippen LogP contribution >= 0.6 is 0 Å². The summed E-state index contributed by atoms with van der Waals surface area (Å²) in [6, 6.07) is 2.41. The highest BCUT2D eigenvalue weighted by Crippen LogP contribution is 2.35. The van der Waals surface area contributed by atoms with Crippen LogP contribution < -0.4 is 10.0 Å². The Balaban J connectivity index is 1.71. The second kappa shape index (κ2) is 6.47. The van der Waals surface area contributed by atoms with Crippen molar-refractivity contribution in [3.8, 4) is 0 Å². The van der Waals surface area contributed by atoms with E-state index in [1.165, 1.54) is 12.1 Å². The van der Waals surface area contributed by atoms with Gasteiger partial charge in [0.1, 0.15) is 0 Å². The Morgan fingerprint density at radius 3 is 2.65 bits per heavy atom. The molecule has 1 aliphatic carbocycles. The molecule has 10 nitrogen and oxygen atoms in total. The van der Waals surface area contributed by atoms with Crippen LogP contribution in [-0.2, 0) is 10.0 Å². The maximum absolute atomic E-state index is 12.4. The minimum atomic E-state index is -3.85. The van der Waals surface area contributed by atoms with Crippen LogP contribution in [0.25, 0.3) is 0 Å². The molecule has 0 bridgehead atoms. The van der Waals surface area contributed by atoms with Crippen molar-refractivity contribution in [3.05, 3.63) is 23.7 Å². The molecule has 0 saturated heterocycles. The van der Waals surface area contributed by atoms with Crippen LogP contribution in [0.15, 0.2) is 21.6 Å². The average molecular weight is 382 g/mol. The van der Waals surface area contributed by atoms with E-state index in [1.54, 1.807) is 32.4 Å². The van der Waals surface area contributed by atoms with Crippen LogP contribution in [0, 0.1) is 0 Å². The van der Waals surface area contributed by atoms with Gasteiger partial charge >= 0.3 is 0 Å². The maximum Gasteiger partial charge on any atom is 0.287 e. The lowest BCUT2D eigenvalue weighted by atomic mass is 10.1. The standard InChI is InChI=1S/C15H22N6O4S/c1-9(13-17-19-20-21(13)10-5-6-10)16-14(22)11-7-8-12(25-11)26(23,24)18-15(2,3)4/h7-10,18H,5-6H2,1-4H3,(H,16,22)/t9-/m1/s1. The zero-order valence-electron chi connectivity index (χ0n) is 15.1. The summed E-state index contributed by atoms with van der Waals surface area (Å²) in [5.74, 6) is -0.0914. The normalized spacial score (nSPS) is 16.5. The van der Waals surface area contributed by atoms with Gasteiger partial charge in [-0.2, -0.15) is 0 Å².